The van der Waals surface area contributed by atoms with Crippen molar-refractivity contribution in [3.63, 3.8) is 0 Å². The van der Waals surface area contributed by atoms with Gasteiger partial charge in [0, 0.05) is 11.4 Å². The average Bonchev–Trinajstić information content (AvgIpc) is 2.50. The second kappa shape index (κ2) is 3.80. The van der Waals surface area contributed by atoms with Gasteiger partial charge < -0.3 is 10.8 Å². The summed E-state index contributed by atoms with van der Waals surface area (Å²) in [4.78, 5) is 4.14. The van der Waals surface area contributed by atoms with E-state index in [0.29, 0.717) is 0 Å². The van der Waals surface area contributed by atoms with Gasteiger partial charge in [0.2, 0.25) is 0 Å². The van der Waals surface area contributed by atoms with E-state index in [2.05, 4.69) is 4.98 Å². The number of nitrogens with zero attached hydrogens (tertiary/aromatic N) is 1. The first-order valence-electron chi connectivity index (χ1n) is 3.58. The lowest BCUT2D eigenvalue weighted by Gasteiger charge is -2.02. The number of thiazole rings is 1. The topological polar surface area (TPSA) is 59.1 Å². The SMILES string of the molecule is CCC(N)c1csc(CO)n1. The third kappa shape index (κ3) is 1.99. The Morgan fingerprint density at radius 1 is 1.82 bits per heavy atom. The highest BCUT2D eigenvalue weighted by Gasteiger charge is 2.06. The third-order valence-corrected chi connectivity index (χ3v) is 2.38. The molecule has 3 N–H and O–H groups in total. The largest absolute Gasteiger partial charge is 0.389 e. The lowest BCUT2D eigenvalue weighted by Crippen LogP contribution is -2.08. The van der Waals surface area contributed by atoms with Crippen LogP contribution in [0.5, 0.6) is 0 Å². The molecule has 0 amide bonds. The smallest absolute Gasteiger partial charge is 0.118 e. The Kier molecular flexibility index (Phi) is 2.99. The van der Waals surface area contributed by atoms with Crippen molar-refractivity contribution < 1.29 is 5.11 Å². The molecule has 4 heteroatoms. The fourth-order valence-electron chi connectivity index (χ4n) is 0.777. The predicted molar refractivity (Wildman–Crippen MR) is 45.3 cm³/mol. The van der Waals surface area contributed by atoms with Gasteiger partial charge in [0.25, 0.3) is 0 Å². The minimum absolute atomic E-state index is 0.0150. The van der Waals surface area contributed by atoms with Crippen LogP contribution in [0, 0.1) is 0 Å². The molecule has 0 aliphatic rings. The Balaban J connectivity index is 2.71. The Morgan fingerprint density at radius 2 is 2.55 bits per heavy atom. The van der Waals surface area contributed by atoms with Crippen LogP contribution < -0.4 is 5.73 Å². The maximum absolute atomic E-state index is 8.71. The van der Waals surface area contributed by atoms with Crippen LogP contribution in [-0.2, 0) is 6.61 Å². The fourth-order valence-corrected chi connectivity index (χ4v) is 1.49. The van der Waals surface area contributed by atoms with E-state index in [1.54, 1.807) is 0 Å². The van der Waals surface area contributed by atoms with Gasteiger partial charge in [0.05, 0.1) is 12.3 Å². The molecule has 1 aromatic rings. The van der Waals surface area contributed by atoms with Gasteiger partial charge in [-0.25, -0.2) is 4.98 Å². The summed E-state index contributed by atoms with van der Waals surface area (Å²) < 4.78 is 0. The van der Waals surface area contributed by atoms with E-state index in [4.69, 9.17) is 10.8 Å². The molecule has 1 heterocycles. The van der Waals surface area contributed by atoms with Crippen molar-refractivity contribution in [2.24, 2.45) is 5.73 Å². The van der Waals surface area contributed by atoms with Gasteiger partial charge in [-0.05, 0) is 6.42 Å². The number of hydrogen-bond donors (Lipinski definition) is 2. The summed E-state index contributed by atoms with van der Waals surface area (Å²) in [5.74, 6) is 0. The van der Waals surface area contributed by atoms with Gasteiger partial charge >= 0.3 is 0 Å². The monoisotopic (exact) mass is 172 g/mol. The number of aliphatic hydroxyl groups is 1. The summed E-state index contributed by atoms with van der Waals surface area (Å²) in [6.07, 6.45) is 0.884. The first-order valence-corrected chi connectivity index (χ1v) is 4.46. The zero-order chi connectivity index (χ0) is 8.27. The van der Waals surface area contributed by atoms with Gasteiger partial charge in [-0.15, -0.1) is 11.3 Å². The number of hydrogen-bond acceptors (Lipinski definition) is 4. The van der Waals surface area contributed by atoms with Gasteiger partial charge in [0.1, 0.15) is 5.01 Å². The molecule has 0 spiro atoms. The van der Waals surface area contributed by atoms with Crippen LogP contribution in [-0.4, -0.2) is 10.1 Å². The highest BCUT2D eigenvalue weighted by molar-refractivity contribution is 7.09. The van der Waals surface area contributed by atoms with Gasteiger partial charge in [-0.2, -0.15) is 0 Å². The summed E-state index contributed by atoms with van der Waals surface area (Å²) in [6, 6.07) is 0.0200. The number of rotatable bonds is 3. The molecule has 1 atom stereocenters. The van der Waals surface area contributed by atoms with Crippen molar-refractivity contribution in [3.8, 4) is 0 Å². The number of nitrogens with two attached hydrogens (primary N) is 1. The normalized spacial score (nSPS) is 13.4. The number of aromatic nitrogens is 1. The van der Waals surface area contributed by atoms with Crippen molar-refractivity contribution >= 4 is 11.3 Å². The Bertz CT molecular complexity index is 224. The Morgan fingerprint density at radius 3 is 3.00 bits per heavy atom. The highest BCUT2D eigenvalue weighted by Crippen LogP contribution is 2.16. The Labute approximate surface area is 69.9 Å². The molecular formula is C7H12N2OS. The molecule has 11 heavy (non-hydrogen) atoms. The molecular weight excluding hydrogens is 160 g/mol. The predicted octanol–water partition coefficient (Wildman–Crippen LogP) is 1.05. The molecule has 3 nitrogen and oxygen atoms in total. The van der Waals surface area contributed by atoms with Crippen LogP contribution in [0.2, 0.25) is 0 Å². The number of aliphatic hydroxyl groups excluding tert-OH is 1. The van der Waals surface area contributed by atoms with E-state index in [-0.39, 0.29) is 12.6 Å². The van der Waals surface area contributed by atoms with Crippen molar-refractivity contribution in [3.05, 3.63) is 16.1 Å². The van der Waals surface area contributed by atoms with E-state index in [9.17, 15) is 0 Å². The van der Waals surface area contributed by atoms with Gasteiger partial charge in [-0.1, -0.05) is 6.92 Å². The van der Waals surface area contributed by atoms with Crippen molar-refractivity contribution in [1.82, 2.24) is 4.98 Å². The van der Waals surface area contributed by atoms with Crippen LogP contribution in [0.15, 0.2) is 5.38 Å². The first-order chi connectivity index (χ1) is 5.27. The van der Waals surface area contributed by atoms with Crippen LogP contribution in [0.3, 0.4) is 0 Å². The van der Waals surface area contributed by atoms with Gasteiger partial charge in [-0.3, -0.25) is 0 Å². The summed E-state index contributed by atoms with van der Waals surface area (Å²) >= 11 is 1.45. The molecule has 0 aromatic carbocycles. The minimum atomic E-state index is 0.0150. The second-order valence-corrected chi connectivity index (χ2v) is 3.28. The van der Waals surface area contributed by atoms with Crippen molar-refractivity contribution in [2.75, 3.05) is 0 Å². The zero-order valence-electron chi connectivity index (χ0n) is 6.45. The molecule has 0 saturated heterocycles. The fraction of sp³-hybridized carbons (Fsp3) is 0.571. The van der Waals surface area contributed by atoms with E-state index < -0.39 is 0 Å². The maximum atomic E-state index is 8.71. The quantitative estimate of drug-likeness (QED) is 0.716. The van der Waals surface area contributed by atoms with Crippen LogP contribution >= 0.6 is 11.3 Å². The standard InChI is InChI=1S/C7H12N2OS/c1-2-5(8)6-4-11-7(3-10)9-6/h4-5,10H,2-3,8H2,1H3. The first kappa shape index (κ1) is 8.64. The van der Waals surface area contributed by atoms with Crippen LogP contribution in [0.25, 0.3) is 0 Å². The lowest BCUT2D eigenvalue weighted by atomic mass is 10.2. The summed E-state index contributed by atoms with van der Waals surface area (Å²) in [6.45, 7) is 2.03. The molecule has 0 aliphatic carbocycles. The van der Waals surface area contributed by atoms with E-state index in [1.165, 1.54) is 11.3 Å². The van der Waals surface area contributed by atoms with E-state index in [1.807, 2.05) is 12.3 Å². The molecule has 62 valence electrons. The summed E-state index contributed by atoms with van der Waals surface area (Å²) in [5, 5.41) is 11.4. The second-order valence-electron chi connectivity index (χ2n) is 2.34. The molecule has 1 unspecified atom stereocenters. The summed E-state index contributed by atoms with van der Waals surface area (Å²) in [7, 11) is 0. The van der Waals surface area contributed by atoms with E-state index in [0.717, 1.165) is 17.1 Å². The highest BCUT2D eigenvalue weighted by atomic mass is 32.1. The third-order valence-electron chi connectivity index (χ3n) is 1.52. The average molecular weight is 172 g/mol. The van der Waals surface area contributed by atoms with Gasteiger partial charge in [0.15, 0.2) is 0 Å². The molecule has 1 aromatic heterocycles. The Hall–Kier alpha value is -0.450. The molecule has 0 fully saturated rings. The lowest BCUT2D eigenvalue weighted by molar-refractivity contribution is 0.281. The molecule has 0 radical (unpaired) electrons. The zero-order valence-corrected chi connectivity index (χ0v) is 7.27. The summed E-state index contributed by atoms with van der Waals surface area (Å²) in [5.41, 5.74) is 6.62. The van der Waals surface area contributed by atoms with Crippen molar-refractivity contribution in [2.45, 2.75) is 26.0 Å². The van der Waals surface area contributed by atoms with Crippen molar-refractivity contribution in [1.29, 1.82) is 0 Å². The molecule has 1 rings (SSSR count). The van der Waals surface area contributed by atoms with E-state index >= 15 is 0 Å². The molecule has 0 saturated carbocycles. The van der Waals surface area contributed by atoms with Crippen LogP contribution in [0.1, 0.15) is 30.1 Å². The maximum Gasteiger partial charge on any atom is 0.118 e. The van der Waals surface area contributed by atoms with Crippen LogP contribution in [0.4, 0.5) is 0 Å². The minimum Gasteiger partial charge on any atom is -0.389 e. The molecule has 0 aliphatic heterocycles. The molecule has 0 bridgehead atoms.